The van der Waals surface area contributed by atoms with E-state index in [9.17, 15) is 14.4 Å². The maximum absolute atomic E-state index is 12.6. The molecule has 9 nitrogen and oxygen atoms in total. The molecule has 0 aliphatic rings. The van der Waals surface area contributed by atoms with Gasteiger partial charge in [0.15, 0.2) is 11.5 Å². The lowest BCUT2D eigenvalue weighted by atomic mass is 10.2. The summed E-state index contributed by atoms with van der Waals surface area (Å²) >= 11 is 11.7. The fourth-order valence-corrected chi connectivity index (χ4v) is 3.31. The van der Waals surface area contributed by atoms with E-state index in [0.717, 1.165) is 12.8 Å². The Morgan fingerprint density at radius 2 is 1.68 bits per heavy atom. The Kier molecular flexibility index (Phi) is 10.5. The van der Waals surface area contributed by atoms with Crippen LogP contribution in [0.25, 0.3) is 0 Å². The number of rotatable bonds is 10. The van der Waals surface area contributed by atoms with E-state index in [0.29, 0.717) is 34.2 Å². The second kappa shape index (κ2) is 14.0. The molecule has 0 spiro atoms. The Balaban J connectivity index is 1.56. The van der Waals surface area contributed by atoms with E-state index in [-0.39, 0.29) is 16.5 Å². The number of hydrogen-bond acceptors (Lipinski definition) is 7. The van der Waals surface area contributed by atoms with E-state index in [2.05, 4.69) is 22.8 Å². The van der Waals surface area contributed by atoms with Crippen LogP contribution in [-0.4, -0.2) is 37.7 Å². The van der Waals surface area contributed by atoms with Gasteiger partial charge in [-0.3, -0.25) is 9.59 Å². The number of nitrogens with one attached hydrogen (secondary N) is 2. The van der Waals surface area contributed by atoms with Crippen molar-refractivity contribution in [1.29, 1.82) is 0 Å². The molecular weight excluding hydrogens is 533 g/mol. The lowest BCUT2D eigenvalue weighted by Crippen LogP contribution is -2.32. The first-order valence-corrected chi connectivity index (χ1v) is 12.3. The molecule has 11 heteroatoms. The predicted octanol–water partition coefficient (Wildman–Crippen LogP) is 5.49. The average molecular weight is 558 g/mol. The SMILES string of the molecule is CCCCOc1ccc(C(=O)Oc2ccc(/C=N\NC(=O)C(=O)Nc3ccc(Cl)c(Cl)c3)cc2OC)cc1. The van der Waals surface area contributed by atoms with Crippen LogP contribution in [0.2, 0.25) is 10.0 Å². The number of amides is 2. The summed E-state index contributed by atoms with van der Waals surface area (Å²) in [5.41, 5.74) is 3.29. The van der Waals surface area contributed by atoms with Gasteiger partial charge >= 0.3 is 17.8 Å². The first kappa shape index (κ1) is 28.5. The molecular formula is C27H25Cl2N3O6. The second-order valence-corrected chi connectivity index (χ2v) is 8.62. The zero-order valence-corrected chi connectivity index (χ0v) is 22.1. The summed E-state index contributed by atoms with van der Waals surface area (Å²) in [4.78, 5) is 36.6. The van der Waals surface area contributed by atoms with E-state index in [1.54, 1.807) is 36.4 Å². The predicted molar refractivity (Wildman–Crippen MR) is 146 cm³/mol. The number of methoxy groups -OCH3 is 1. The van der Waals surface area contributed by atoms with Crippen LogP contribution in [0.4, 0.5) is 5.69 Å². The molecule has 0 heterocycles. The molecule has 0 bridgehead atoms. The summed E-state index contributed by atoms with van der Waals surface area (Å²) in [5, 5.41) is 6.71. The Morgan fingerprint density at radius 3 is 2.37 bits per heavy atom. The molecule has 0 aliphatic carbocycles. The van der Waals surface area contributed by atoms with Gasteiger partial charge in [-0.05, 0) is 72.6 Å². The quantitative estimate of drug-likeness (QED) is 0.0850. The third kappa shape index (κ3) is 8.22. The van der Waals surface area contributed by atoms with Crippen LogP contribution >= 0.6 is 23.2 Å². The molecule has 0 unspecified atom stereocenters. The maximum atomic E-state index is 12.6. The first-order valence-electron chi connectivity index (χ1n) is 11.5. The zero-order chi connectivity index (χ0) is 27.5. The molecule has 2 amide bonds. The molecule has 0 saturated carbocycles. The number of anilines is 1. The third-order valence-electron chi connectivity index (χ3n) is 5.01. The van der Waals surface area contributed by atoms with Gasteiger partial charge in [0.1, 0.15) is 5.75 Å². The number of unbranched alkanes of at least 4 members (excludes halogenated alkanes) is 1. The number of carbonyl (C=O) groups excluding carboxylic acids is 3. The van der Waals surface area contributed by atoms with Crippen LogP contribution in [0.15, 0.2) is 65.8 Å². The summed E-state index contributed by atoms with van der Waals surface area (Å²) in [6, 6.07) is 15.8. The van der Waals surface area contributed by atoms with E-state index < -0.39 is 17.8 Å². The number of halogens is 2. The summed E-state index contributed by atoms with van der Waals surface area (Å²) in [5.74, 6) is -1.36. The van der Waals surface area contributed by atoms with Gasteiger partial charge in [-0.1, -0.05) is 36.5 Å². The van der Waals surface area contributed by atoms with Crippen molar-refractivity contribution in [3.63, 3.8) is 0 Å². The Labute approximate surface area is 229 Å². The molecule has 198 valence electrons. The van der Waals surface area contributed by atoms with E-state index in [4.69, 9.17) is 37.4 Å². The van der Waals surface area contributed by atoms with Crippen LogP contribution in [0, 0.1) is 0 Å². The molecule has 0 aliphatic heterocycles. The monoisotopic (exact) mass is 557 g/mol. The van der Waals surface area contributed by atoms with Gasteiger partial charge in [0, 0.05) is 5.69 Å². The molecule has 2 N–H and O–H groups in total. The summed E-state index contributed by atoms with van der Waals surface area (Å²) < 4.78 is 16.4. The summed E-state index contributed by atoms with van der Waals surface area (Å²) in [6.07, 6.45) is 3.28. The van der Waals surface area contributed by atoms with Gasteiger partial charge in [-0.25, -0.2) is 10.2 Å². The van der Waals surface area contributed by atoms with Crippen molar-refractivity contribution in [2.24, 2.45) is 5.10 Å². The number of nitrogens with zero attached hydrogens (tertiary/aromatic N) is 1. The number of hydrogen-bond donors (Lipinski definition) is 2. The summed E-state index contributed by atoms with van der Waals surface area (Å²) in [6.45, 7) is 2.69. The minimum absolute atomic E-state index is 0.197. The molecule has 0 fully saturated rings. The van der Waals surface area contributed by atoms with Gasteiger partial charge < -0.3 is 19.5 Å². The molecule has 0 aromatic heterocycles. The first-order chi connectivity index (χ1) is 18.3. The topological polar surface area (TPSA) is 115 Å². The highest BCUT2D eigenvalue weighted by atomic mass is 35.5. The van der Waals surface area contributed by atoms with E-state index >= 15 is 0 Å². The van der Waals surface area contributed by atoms with Crippen molar-refractivity contribution in [2.45, 2.75) is 19.8 Å². The van der Waals surface area contributed by atoms with E-state index in [1.807, 2.05) is 0 Å². The fourth-order valence-electron chi connectivity index (χ4n) is 3.01. The Bertz CT molecular complexity index is 1330. The van der Waals surface area contributed by atoms with Crippen LogP contribution < -0.4 is 25.0 Å². The number of esters is 1. The number of hydrazone groups is 1. The van der Waals surface area contributed by atoms with Crippen LogP contribution in [0.3, 0.4) is 0 Å². The minimum Gasteiger partial charge on any atom is -0.494 e. The highest BCUT2D eigenvalue weighted by Gasteiger charge is 2.15. The van der Waals surface area contributed by atoms with Gasteiger partial charge in [-0.2, -0.15) is 5.10 Å². The smallest absolute Gasteiger partial charge is 0.343 e. The van der Waals surface area contributed by atoms with Crippen LogP contribution in [-0.2, 0) is 9.59 Å². The third-order valence-corrected chi connectivity index (χ3v) is 5.75. The molecule has 0 radical (unpaired) electrons. The van der Waals surface area contributed by atoms with Gasteiger partial charge in [0.05, 0.1) is 35.5 Å². The second-order valence-electron chi connectivity index (χ2n) is 7.81. The molecule has 3 aromatic rings. The Hall–Kier alpha value is -4.08. The number of benzene rings is 3. The zero-order valence-electron chi connectivity index (χ0n) is 20.6. The number of carbonyl (C=O) groups is 3. The van der Waals surface area contributed by atoms with Crippen molar-refractivity contribution in [2.75, 3.05) is 19.0 Å². The van der Waals surface area contributed by atoms with Crippen molar-refractivity contribution in [3.8, 4) is 17.2 Å². The van der Waals surface area contributed by atoms with E-state index in [1.165, 1.54) is 37.6 Å². The molecule has 0 saturated heterocycles. The van der Waals surface area contributed by atoms with Crippen molar-refractivity contribution in [1.82, 2.24) is 5.43 Å². The van der Waals surface area contributed by atoms with Gasteiger partial charge in [0.25, 0.3) is 0 Å². The standard InChI is InChI=1S/C27H25Cl2N3O6/c1-3-4-13-37-20-9-6-18(7-10-20)27(35)38-23-12-5-17(14-24(23)36-2)16-30-32-26(34)25(33)31-19-8-11-21(28)22(29)15-19/h5-12,14-16H,3-4,13H2,1-2H3,(H,31,33)(H,32,34)/b30-16-. The highest BCUT2D eigenvalue weighted by molar-refractivity contribution is 6.43. The maximum Gasteiger partial charge on any atom is 0.343 e. The lowest BCUT2D eigenvalue weighted by molar-refractivity contribution is -0.136. The number of ether oxygens (including phenoxy) is 3. The van der Waals surface area contributed by atoms with Crippen LogP contribution in [0.1, 0.15) is 35.7 Å². The van der Waals surface area contributed by atoms with Gasteiger partial charge in [-0.15, -0.1) is 0 Å². The van der Waals surface area contributed by atoms with Crippen LogP contribution in [0.5, 0.6) is 17.2 Å². The average Bonchev–Trinajstić information content (AvgIpc) is 2.91. The highest BCUT2D eigenvalue weighted by Crippen LogP contribution is 2.29. The summed E-state index contributed by atoms with van der Waals surface area (Å²) in [7, 11) is 1.42. The van der Waals surface area contributed by atoms with Crippen molar-refractivity contribution >= 4 is 52.9 Å². The molecule has 3 rings (SSSR count). The van der Waals surface area contributed by atoms with Crippen molar-refractivity contribution < 1.29 is 28.6 Å². The fraction of sp³-hybridized carbons (Fsp3) is 0.185. The normalized spacial score (nSPS) is 10.6. The molecule has 0 atom stereocenters. The molecule has 38 heavy (non-hydrogen) atoms. The minimum atomic E-state index is -0.994. The molecule has 3 aromatic carbocycles. The van der Waals surface area contributed by atoms with Crippen molar-refractivity contribution in [3.05, 3.63) is 81.8 Å². The largest absolute Gasteiger partial charge is 0.494 e. The Morgan fingerprint density at radius 1 is 0.921 bits per heavy atom. The lowest BCUT2D eigenvalue weighted by Gasteiger charge is -2.10. The van der Waals surface area contributed by atoms with Gasteiger partial charge in [0.2, 0.25) is 0 Å².